The van der Waals surface area contributed by atoms with Gasteiger partial charge in [0, 0.05) is 12.1 Å². The molecule has 0 atom stereocenters. The van der Waals surface area contributed by atoms with Crippen LogP contribution in [0, 0.1) is 0 Å². The Morgan fingerprint density at radius 3 is 2.62 bits per heavy atom. The van der Waals surface area contributed by atoms with E-state index >= 15 is 0 Å². The highest BCUT2D eigenvalue weighted by Gasteiger charge is 2.30. The molecule has 1 aliphatic heterocycles. The highest BCUT2D eigenvalue weighted by molar-refractivity contribution is 5.85. The van der Waals surface area contributed by atoms with E-state index < -0.39 is 5.91 Å². The minimum atomic E-state index is -1.84. The van der Waals surface area contributed by atoms with Crippen molar-refractivity contribution in [1.29, 1.82) is 0 Å². The quantitative estimate of drug-likeness (QED) is 0.531. The van der Waals surface area contributed by atoms with Crippen LogP contribution in [0.25, 0.3) is 0 Å². The maximum atomic E-state index is 9.47. The van der Waals surface area contributed by atoms with Crippen LogP contribution in [-0.2, 0) is 12.3 Å². The van der Waals surface area contributed by atoms with Gasteiger partial charge in [-0.05, 0) is 12.0 Å². The van der Waals surface area contributed by atoms with E-state index in [0.717, 1.165) is 12.0 Å². The molecular formula is C9H12ClNO2. The van der Waals surface area contributed by atoms with Gasteiger partial charge in [-0.3, -0.25) is 5.32 Å². The Morgan fingerprint density at radius 1 is 1.23 bits per heavy atom. The van der Waals surface area contributed by atoms with E-state index in [2.05, 4.69) is 5.32 Å². The first-order valence-corrected chi connectivity index (χ1v) is 3.98. The molecule has 3 nitrogen and oxygen atoms in total. The summed E-state index contributed by atoms with van der Waals surface area (Å²) in [4.78, 5) is 0. The van der Waals surface area contributed by atoms with Crippen molar-refractivity contribution < 1.29 is 10.2 Å². The fraction of sp³-hybridized carbons (Fsp3) is 0.333. The van der Waals surface area contributed by atoms with Crippen LogP contribution in [0.15, 0.2) is 24.3 Å². The van der Waals surface area contributed by atoms with E-state index in [-0.39, 0.29) is 12.4 Å². The molecule has 1 heterocycles. The summed E-state index contributed by atoms with van der Waals surface area (Å²) in [6.07, 6.45) is 0.846. The first-order valence-electron chi connectivity index (χ1n) is 3.98. The Kier molecular flexibility index (Phi) is 2.93. The summed E-state index contributed by atoms with van der Waals surface area (Å²) in [6.45, 7) is 0.601. The van der Waals surface area contributed by atoms with E-state index in [0.29, 0.717) is 12.1 Å². The lowest BCUT2D eigenvalue weighted by Crippen LogP contribution is -2.47. The van der Waals surface area contributed by atoms with Gasteiger partial charge in [-0.25, -0.2) is 0 Å². The average molecular weight is 202 g/mol. The van der Waals surface area contributed by atoms with Crippen molar-refractivity contribution in [3.05, 3.63) is 35.4 Å². The Labute approximate surface area is 82.8 Å². The highest BCUT2D eigenvalue weighted by atomic mass is 35.5. The average Bonchev–Trinajstić information content (AvgIpc) is 2.04. The van der Waals surface area contributed by atoms with Gasteiger partial charge in [0.25, 0.3) is 5.91 Å². The fourth-order valence-corrected chi connectivity index (χ4v) is 1.55. The van der Waals surface area contributed by atoms with Crippen LogP contribution in [0.4, 0.5) is 0 Å². The van der Waals surface area contributed by atoms with Crippen LogP contribution < -0.4 is 5.32 Å². The van der Waals surface area contributed by atoms with Gasteiger partial charge in [0.05, 0.1) is 0 Å². The third kappa shape index (κ3) is 1.84. The molecule has 0 radical (unpaired) electrons. The first kappa shape index (κ1) is 10.5. The molecular weight excluding hydrogens is 190 g/mol. The minimum Gasteiger partial charge on any atom is -0.350 e. The lowest BCUT2D eigenvalue weighted by atomic mass is 9.98. The number of aliphatic hydroxyl groups is 2. The number of hydrogen-bond donors (Lipinski definition) is 3. The monoisotopic (exact) mass is 201 g/mol. The molecule has 0 bridgehead atoms. The second kappa shape index (κ2) is 3.64. The van der Waals surface area contributed by atoms with Crippen molar-refractivity contribution in [3.8, 4) is 0 Å². The van der Waals surface area contributed by atoms with E-state index in [9.17, 15) is 10.2 Å². The molecule has 0 aliphatic carbocycles. The largest absolute Gasteiger partial charge is 0.350 e. The molecule has 13 heavy (non-hydrogen) atoms. The van der Waals surface area contributed by atoms with Crippen molar-refractivity contribution in [3.63, 3.8) is 0 Å². The summed E-state index contributed by atoms with van der Waals surface area (Å²) in [6, 6.07) is 7.34. The maximum Gasteiger partial charge on any atom is 0.251 e. The van der Waals surface area contributed by atoms with Gasteiger partial charge in [0.2, 0.25) is 0 Å². The molecule has 0 spiro atoms. The molecule has 72 valence electrons. The number of halogens is 1. The van der Waals surface area contributed by atoms with Crippen LogP contribution in [0.3, 0.4) is 0 Å². The zero-order valence-electron chi connectivity index (χ0n) is 7.03. The van der Waals surface area contributed by atoms with Crippen LogP contribution >= 0.6 is 12.4 Å². The Bertz CT molecular complexity index is 301. The number of rotatable bonds is 0. The molecule has 0 fully saturated rings. The maximum absolute atomic E-state index is 9.47. The van der Waals surface area contributed by atoms with Gasteiger partial charge < -0.3 is 10.2 Å². The van der Waals surface area contributed by atoms with Crippen molar-refractivity contribution in [2.45, 2.75) is 12.3 Å². The normalized spacial score (nSPS) is 18.6. The summed E-state index contributed by atoms with van der Waals surface area (Å²) in [5.74, 6) is -1.84. The smallest absolute Gasteiger partial charge is 0.251 e. The fourth-order valence-electron chi connectivity index (χ4n) is 1.55. The van der Waals surface area contributed by atoms with Crippen LogP contribution in [-0.4, -0.2) is 16.8 Å². The van der Waals surface area contributed by atoms with Gasteiger partial charge >= 0.3 is 0 Å². The third-order valence-corrected chi connectivity index (χ3v) is 2.16. The molecule has 2 rings (SSSR count). The molecule has 1 aromatic carbocycles. The van der Waals surface area contributed by atoms with E-state index in [4.69, 9.17) is 0 Å². The zero-order chi connectivity index (χ0) is 8.60. The third-order valence-electron chi connectivity index (χ3n) is 2.16. The van der Waals surface area contributed by atoms with Gasteiger partial charge in [-0.15, -0.1) is 12.4 Å². The van der Waals surface area contributed by atoms with Gasteiger partial charge in [-0.1, -0.05) is 24.3 Å². The zero-order valence-corrected chi connectivity index (χ0v) is 7.84. The lowest BCUT2D eigenvalue weighted by Gasteiger charge is -2.30. The molecule has 0 amide bonds. The van der Waals surface area contributed by atoms with Crippen molar-refractivity contribution >= 4 is 12.4 Å². The first-order chi connectivity index (χ1) is 5.70. The second-order valence-electron chi connectivity index (χ2n) is 3.01. The number of fused-ring (bicyclic) bond motifs is 1. The summed E-state index contributed by atoms with van der Waals surface area (Å²) >= 11 is 0. The van der Waals surface area contributed by atoms with Crippen molar-refractivity contribution in [2.75, 3.05) is 6.54 Å². The van der Waals surface area contributed by atoms with Crippen LogP contribution in [0.2, 0.25) is 0 Å². The molecule has 0 saturated carbocycles. The summed E-state index contributed by atoms with van der Waals surface area (Å²) in [5.41, 5.74) is 1.57. The van der Waals surface area contributed by atoms with Crippen molar-refractivity contribution in [1.82, 2.24) is 5.32 Å². The van der Waals surface area contributed by atoms with E-state index in [1.165, 1.54) is 0 Å². The number of nitrogens with one attached hydrogen (secondary N) is 1. The number of benzene rings is 1. The Morgan fingerprint density at radius 2 is 1.92 bits per heavy atom. The molecule has 0 saturated heterocycles. The highest BCUT2D eigenvalue weighted by Crippen LogP contribution is 2.23. The predicted molar refractivity (Wildman–Crippen MR) is 51.5 cm³/mol. The van der Waals surface area contributed by atoms with Crippen LogP contribution in [0.1, 0.15) is 11.1 Å². The standard InChI is InChI=1S/C9H11NO2.ClH/c11-9(12)8-4-2-1-3-7(8)5-6-10-9;/h1-4,10-12H,5-6H2;1H. The van der Waals surface area contributed by atoms with Crippen LogP contribution in [0.5, 0.6) is 0 Å². The summed E-state index contributed by atoms with van der Waals surface area (Å²) in [5, 5.41) is 21.6. The molecule has 3 N–H and O–H groups in total. The predicted octanol–water partition coefficient (Wildman–Crippen LogP) is 0.349. The van der Waals surface area contributed by atoms with Gasteiger partial charge in [0.1, 0.15) is 0 Å². The molecule has 0 aromatic heterocycles. The van der Waals surface area contributed by atoms with Gasteiger partial charge in [-0.2, -0.15) is 0 Å². The Balaban J connectivity index is 0.000000845. The summed E-state index contributed by atoms with van der Waals surface area (Å²) in [7, 11) is 0. The topological polar surface area (TPSA) is 52.5 Å². The SMILES string of the molecule is Cl.OC1(O)NCCc2ccccc21. The molecule has 1 aliphatic rings. The summed E-state index contributed by atoms with van der Waals surface area (Å²) < 4.78 is 0. The van der Waals surface area contributed by atoms with E-state index in [1.54, 1.807) is 12.1 Å². The molecule has 0 unspecified atom stereocenters. The molecule has 4 heteroatoms. The number of hydrogen-bond acceptors (Lipinski definition) is 3. The molecule has 1 aromatic rings. The van der Waals surface area contributed by atoms with E-state index in [1.807, 2.05) is 12.1 Å². The minimum absolute atomic E-state index is 0. The van der Waals surface area contributed by atoms with Crippen molar-refractivity contribution in [2.24, 2.45) is 0 Å². The Hall–Kier alpha value is -0.610. The second-order valence-corrected chi connectivity index (χ2v) is 3.01. The lowest BCUT2D eigenvalue weighted by molar-refractivity contribution is -0.198. The van der Waals surface area contributed by atoms with Gasteiger partial charge in [0.15, 0.2) is 0 Å².